The zero-order chi connectivity index (χ0) is 19.3. The van der Waals surface area contributed by atoms with Crippen molar-refractivity contribution in [1.82, 2.24) is 15.3 Å². The van der Waals surface area contributed by atoms with E-state index in [1.807, 2.05) is 36.4 Å². The van der Waals surface area contributed by atoms with Gasteiger partial charge in [0.15, 0.2) is 0 Å². The van der Waals surface area contributed by atoms with Gasteiger partial charge in [-0.25, -0.2) is 9.97 Å². The molecule has 1 saturated carbocycles. The minimum absolute atomic E-state index is 0.119. The Balaban J connectivity index is 1.47. The molecule has 1 aliphatic carbocycles. The molecule has 1 amide bonds. The normalized spacial score (nSPS) is 15.0. The summed E-state index contributed by atoms with van der Waals surface area (Å²) in [6.07, 6.45) is 5.89. The second-order valence-corrected chi connectivity index (χ2v) is 7.28. The van der Waals surface area contributed by atoms with Gasteiger partial charge in [0.05, 0.1) is 18.2 Å². The molecule has 0 saturated heterocycles. The highest BCUT2D eigenvalue weighted by Gasteiger charge is 2.18. The molecular formula is C22H24N4O2. The molecule has 0 aliphatic heterocycles. The summed E-state index contributed by atoms with van der Waals surface area (Å²) in [6, 6.07) is 15.3. The summed E-state index contributed by atoms with van der Waals surface area (Å²) in [4.78, 5) is 21.6. The number of rotatable bonds is 7. The SMILES string of the molecule is O=C(N[C@H](CO)Cc1ccccc1)c1ccc2cnc(NC3CCC3)nc2c1. The van der Waals surface area contributed by atoms with Gasteiger partial charge in [-0.15, -0.1) is 0 Å². The van der Waals surface area contributed by atoms with Gasteiger partial charge in [-0.05, 0) is 43.4 Å². The molecule has 0 radical (unpaired) electrons. The van der Waals surface area contributed by atoms with Crippen LogP contribution in [-0.4, -0.2) is 39.7 Å². The van der Waals surface area contributed by atoms with Gasteiger partial charge in [0.1, 0.15) is 0 Å². The van der Waals surface area contributed by atoms with Crippen LogP contribution in [0.2, 0.25) is 0 Å². The number of aliphatic hydroxyl groups excluding tert-OH is 1. The van der Waals surface area contributed by atoms with E-state index in [4.69, 9.17) is 0 Å². The highest BCUT2D eigenvalue weighted by Crippen LogP contribution is 2.22. The van der Waals surface area contributed by atoms with Crippen LogP contribution >= 0.6 is 0 Å². The molecule has 3 aromatic rings. The van der Waals surface area contributed by atoms with Crippen molar-refractivity contribution in [2.45, 2.75) is 37.8 Å². The summed E-state index contributed by atoms with van der Waals surface area (Å²) in [5.41, 5.74) is 2.32. The van der Waals surface area contributed by atoms with Gasteiger partial charge in [-0.2, -0.15) is 0 Å². The Morgan fingerprint density at radius 3 is 2.71 bits per heavy atom. The van der Waals surface area contributed by atoms with E-state index in [-0.39, 0.29) is 18.6 Å². The fraction of sp³-hybridized carbons (Fsp3) is 0.318. The molecule has 0 spiro atoms. The number of hydrogen-bond donors (Lipinski definition) is 3. The highest BCUT2D eigenvalue weighted by molar-refractivity contribution is 5.98. The van der Waals surface area contributed by atoms with E-state index in [0.29, 0.717) is 24.0 Å². The van der Waals surface area contributed by atoms with E-state index in [0.717, 1.165) is 29.3 Å². The number of carbonyl (C=O) groups is 1. The van der Waals surface area contributed by atoms with Crippen molar-refractivity contribution in [1.29, 1.82) is 0 Å². The molecule has 1 heterocycles. The molecule has 1 aromatic heterocycles. The lowest BCUT2D eigenvalue weighted by atomic mass is 9.93. The van der Waals surface area contributed by atoms with Crippen molar-refractivity contribution >= 4 is 22.8 Å². The second kappa shape index (κ2) is 8.35. The van der Waals surface area contributed by atoms with Crippen LogP contribution in [0.15, 0.2) is 54.7 Å². The van der Waals surface area contributed by atoms with Gasteiger partial charge >= 0.3 is 0 Å². The van der Waals surface area contributed by atoms with Gasteiger partial charge in [0.2, 0.25) is 5.95 Å². The van der Waals surface area contributed by atoms with Crippen molar-refractivity contribution in [3.05, 3.63) is 65.9 Å². The average molecular weight is 376 g/mol. The molecule has 1 atom stereocenters. The predicted molar refractivity (Wildman–Crippen MR) is 109 cm³/mol. The highest BCUT2D eigenvalue weighted by atomic mass is 16.3. The van der Waals surface area contributed by atoms with Crippen LogP contribution in [0.25, 0.3) is 10.9 Å². The van der Waals surface area contributed by atoms with Crippen molar-refractivity contribution in [2.75, 3.05) is 11.9 Å². The third-order valence-corrected chi connectivity index (χ3v) is 5.16. The summed E-state index contributed by atoms with van der Waals surface area (Å²) in [7, 11) is 0. The van der Waals surface area contributed by atoms with E-state index in [9.17, 15) is 9.90 Å². The topological polar surface area (TPSA) is 87.1 Å². The summed E-state index contributed by atoms with van der Waals surface area (Å²) in [5, 5.41) is 16.8. The fourth-order valence-electron chi connectivity index (χ4n) is 3.30. The van der Waals surface area contributed by atoms with Crippen LogP contribution in [-0.2, 0) is 6.42 Å². The molecule has 3 N–H and O–H groups in total. The van der Waals surface area contributed by atoms with Crippen LogP contribution in [0.5, 0.6) is 0 Å². The number of aromatic nitrogens is 2. The molecule has 1 aliphatic rings. The minimum atomic E-state index is -0.341. The van der Waals surface area contributed by atoms with Crippen molar-refractivity contribution in [3.63, 3.8) is 0 Å². The molecule has 2 aromatic carbocycles. The lowest BCUT2D eigenvalue weighted by Gasteiger charge is -2.26. The quantitative estimate of drug-likeness (QED) is 0.590. The first-order valence-electron chi connectivity index (χ1n) is 9.70. The summed E-state index contributed by atoms with van der Waals surface area (Å²) < 4.78 is 0. The van der Waals surface area contributed by atoms with Crippen LogP contribution in [0.1, 0.15) is 35.2 Å². The number of fused-ring (bicyclic) bond motifs is 1. The van der Waals surface area contributed by atoms with Crippen LogP contribution in [0, 0.1) is 0 Å². The first-order chi connectivity index (χ1) is 13.7. The lowest BCUT2D eigenvalue weighted by molar-refractivity contribution is 0.0916. The zero-order valence-electron chi connectivity index (χ0n) is 15.6. The molecular weight excluding hydrogens is 352 g/mol. The van der Waals surface area contributed by atoms with Crippen LogP contribution < -0.4 is 10.6 Å². The number of anilines is 1. The predicted octanol–water partition coefficient (Wildman–Crippen LogP) is 2.93. The summed E-state index contributed by atoms with van der Waals surface area (Å²) >= 11 is 0. The number of amides is 1. The molecule has 6 nitrogen and oxygen atoms in total. The Bertz CT molecular complexity index is 957. The third kappa shape index (κ3) is 4.28. The van der Waals surface area contributed by atoms with Gasteiger partial charge < -0.3 is 15.7 Å². The molecule has 1 fully saturated rings. The zero-order valence-corrected chi connectivity index (χ0v) is 15.6. The Labute approximate surface area is 164 Å². The van der Waals surface area contributed by atoms with E-state index in [1.165, 1.54) is 6.42 Å². The Kier molecular flexibility index (Phi) is 5.48. The third-order valence-electron chi connectivity index (χ3n) is 5.16. The Morgan fingerprint density at radius 2 is 2.00 bits per heavy atom. The van der Waals surface area contributed by atoms with Crippen LogP contribution in [0.4, 0.5) is 5.95 Å². The molecule has 28 heavy (non-hydrogen) atoms. The largest absolute Gasteiger partial charge is 0.394 e. The second-order valence-electron chi connectivity index (χ2n) is 7.28. The number of carbonyl (C=O) groups excluding carboxylic acids is 1. The average Bonchev–Trinajstić information content (AvgIpc) is 2.70. The molecule has 6 heteroatoms. The standard InChI is InChI=1S/C22H24N4O2/c27-14-19(11-15-5-2-1-3-6-15)24-21(28)16-9-10-17-13-23-22(26-20(17)12-16)25-18-7-4-8-18/h1-3,5-6,9-10,12-13,18-19,27H,4,7-8,11,14H2,(H,24,28)(H,23,25,26)/t19-/m0/s1. The maximum absolute atomic E-state index is 12.7. The van der Waals surface area contributed by atoms with Crippen molar-refractivity contribution in [2.24, 2.45) is 0 Å². The first-order valence-corrected chi connectivity index (χ1v) is 9.70. The summed E-state index contributed by atoms with van der Waals surface area (Å²) in [6.45, 7) is -0.119. The minimum Gasteiger partial charge on any atom is -0.394 e. The maximum Gasteiger partial charge on any atom is 0.251 e. The summed E-state index contributed by atoms with van der Waals surface area (Å²) in [5.74, 6) is 0.385. The van der Waals surface area contributed by atoms with E-state index in [2.05, 4.69) is 20.6 Å². The Morgan fingerprint density at radius 1 is 1.18 bits per heavy atom. The number of benzene rings is 2. The molecule has 0 unspecified atom stereocenters. The number of nitrogens with one attached hydrogen (secondary N) is 2. The van der Waals surface area contributed by atoms with Gasteiger partial charge in [0.25, 0.3) is 5.91 Å². The fourth-order valence-corrected chi connectivity index (χ4v) is 3.30. The van der Waals surface area contributed by atoms with Crippen LogP contribution in [0.3, 0.4) is 0 Å². The van der Waals surface area contributed by atoms with Crippen molar-refractivity contribution < 1.29 is 9.90 Å². The molecule has 4 rings (SSSR count). The monoisotopic (exact) mass is 376 g/mol. The van der Waals surface area contributed by atoms with E-state index >= 15 is 0 Å². The van der Waals surface area contributed by atoms with Gasteiger partial charge in [-0.1, -0.05) is 36.4 Å². The Hall–Kier alpha value is -2.99. The number of aliphatic hydroxyl groups is 1. The maximum atomic E-state index is 12.7. The molecule has 0 bridgehead atoms. The molecule has 144 valence electrons. The lowest BCUT2D eigenvalue weighted by Crippen LogP contribution is -2.39. The first kappa shape index (κ1) is 18.4. The number of hydrogen-bond acceptors (Lipinski definition) is 5. The smallest absolute Gasteiger partial charge is 0.251 e. The van der Waals surface area contributed by atoms with E-state index < -0.39 is 0 Å². The van der Waals surface area contributed by atoms with Crippen molar-refractivity contribution in [3.8, 4) is 0 Å². The van der Waals surface area contributed by atoms with E-state index in [1.54, 1.807) is 18.3 Å². The van der Waals surface area contributed by atoms with Gasteiger partial charge in [-0.3, -0.25) is 4.79 Å². The van der Waals surface area contributed by atoms with Gasteiger partial charge in [0, 0.05) is 23.2 Å². The number of nitrogens with zero attached hydrogens (tertiary/aromatic N) is 2.